The highest BCUT2D eigenvalue weighted by atomic mass is 16.5. The molecule has 2 aromatic heterocycles. The number of hydrogen-bond acceptors (Lipinski definition) is 5. The third-order valence-corrected chi connectivity index (χ3v) is 4.67. The van der Waals surface area contributed by atoms with E-state index in [1.54, 1.807) is 0 Å². The number of nitrogens with zero attached hydrogens (tertiary/aromatic N) is 4. The van der Waals surface area contributed by atoms with Crippen molar-refractivity contribution in [1.82, 2.24) is 25.6 Å². The van der Waals surface area contributed by atoms with Crippen LogP contribution in [-0.2, 0) is 12.8 Å². The van der Waals surface area contributed by atoms with E-state index in [1.807, 2.05) is 19.9 Å². The van der Waals surface area contributed by atoms with Gasteiger partial charge in [-0.05, 0) is 55.9 Å². The van der Waals surface area contributed by atoms with Crippen molar-refractivity contribution >= 4 is 0 Å². The van der Waals surface area contributed by atoms with Crippen LogP contribution in [0.25, 0.3) is 22.5 Å². The maximum atomic E-state index is 6.11. The van der Waals surface area contributed by atoms with Crippen LogP contribution in [0.4, 0.5) is 0 Å². The third kappa shape index (κ3) is 3.19. The molecule has 1 aliphatic rings. The number of pyridine rings is 1. The molecule has 26 heavy (non-hydrogen) atoms. The SMILES string of the molecule is CC(C)Oc1nc2c(c(-c3ccccc3)c1-c1nn[nH]n1)CCCCC2. The minimum absolute atomic E-state index is 0.0144. The quantitative estimate of drug-likeness (QED) is 0.721. The summed E-state index contributed by atoms with van der Waals surface area (Å²) in [6.07, 6.45) is 5.57. The van der Waals surface area contributed by atoms with Gasteiger partial charge in [0.2, 0.25) is 11.7 Å². The van der Waals surface area contributed by atoms with Gasteiger partial charge in [0.15, 0.2) is 0 Å². The van der Waals surface area contributed by atoms with Crippen molar-refractivity contribution in [3.63, 3.8) is 0 Å². The van der Waals surface area contributed by atoms with Gasteiger partial charge in [-0.15, -0.1) is 10.2 Å². The second-order valence-corrected chi connectivity index (χ2v) is 6.92. The zero-order valence-corrected chi connectivity index (χ0v) is 15.2. The first-order chi connectivity index (χ1) is 12.7. The van der Waals surface area contributed by atoms with Gasteiger partial charge in [0, 0.05) is 11.3 Å². The van der Waals surface area contributed by atoms with Crippen LogP contribution < -0.4 is 4.74 Å². The van der Waals surface area contributed by atoms with E-state index in [2.05, 4.69) is 44.9 Å². The summed E-state index contributed by atoms with van der Waals surface area (Å²) in [7, 11) is 0. The van der Waals surface area contributed by atoms with Crippen LogP contribution in [0.3, 0.4) is 0 Å². The second-order valence-electron chi connectivity index (χ2n) is 6.92. The Bertz CT molecular complexity index is 875. The van der Waals surface area contributed by atoms with Gasteiger partial charge in [0.05, 0.1) is 11.7 Å². The number of ether oxygens (including phenoxy) is 1. The summed E-state index contributed by atoms with van der Waals surface area (Å²) in [6, 6.07) is 10.4. The average Bonchev–Trinajstić information content (AvgIpc) is 3.06. The summed E-state index contributed by atoms with van der Waals surface area (Å²) in [4.78, 5) is 4.91. The summed E-state index contributed by atoms with van der Waals surface area (Å²) in [5.74, 6) is 1.12. The molecule has 0 fully saturated rings. The zero-order valence-electron chi connectivity index (χ0n) is 15.2. The smallest absolute Gasteiger partial charge is 0.225 e. The van der Waals surface area contributed by atoms with Crippen molar-refractivity contribution < 1.29 is 4.74 Å². The van der Waals surface area contributed by atoms with E-state index in [0.29, 0.717) is 11.7 Å². The van der Waals surface area contributed by atoms with Gasteiger partial charge < -0.3 is 4.74 Å². The molecule has 0 saturated carbocycles. The first-order valence-electron chi connectivity index (χ1n) is 9.25. The van der Waals surface area contributed by atoms with Crippen LogP contribution in [0.2, 0.25) is 0 Å². The number of benzene rings is 1. The zero-order chi connectivity index (χ0) is 17.9. The van der Waals surface area contributed by atoms with E-state index in [9.17, 15) is 0 Å². The normalized spacial score (nSPS) is 14.1. The lowest BCUT2D eigenvalue weighted by Crippen LogP contribution is -2.12. The van der Waals surface area contributed by atoms with Crippen molar-refractivity contribution in [1.29, 1.82) is 0 Å². The Morgan fingerprint density at radius 3 is 2.54 bits per heavy atom. The molecule has 134 valence electrons. The summed E-state index contributed by atoms with van der Waals surface area (Å²) in [5.41, 5.74) is 5.55. The molecule has 0 atom stereocenters. The maximum Gasteiger partial charge on any atom is 0.225 e. The number of fused-ring (bicyclic) bond motifs is 1. The predicted molar refractivity (Wildman–Crippen MR) is 99.9 cm³/mol. The summed E-state index contributed by atoms with van der Waals surface area (Å²) in [6.45, 7) is 4.02. The predicted octanol–water partition coefficient (Wildman–Crippen LogP) is 3.98. The van der Waals surface area contributed by atoms with Crippen molar-refractivity contribution in [3.05, 3.63) is 41.6 Å². The van der Waals surface area contributed by atoms with Crippen LogP contribution in [0.15, 0.2) is 30.3 Å². The van der Waals surface area contributed by atoms with Gasteiger partial charge in [0.1, 0.15) is 0 Å². The lowest BCUT2D eigenvalue weighted by Gasteiger charge is -2.20. The third-order valence-electron chi connectivity index (χ3n) is 4.67. The molecule has 0 bridgehead atoms. The summed E-state index contributed by atoms with van der Waals surface area (Å²) >= 11 is 0. The van der Waals surface area contributed by atoms with Gasteiger partial charge in [0.25, 0.3) is 0 Å². The van der Waals surface area contributed by atoms with Crippen LogP contribution in [0, 0.1) is 0 Å². The first kappa shape index (κ1) is 16.7. The molecule has 0 radical (unpaired) electrons. The molecule has 0 amide bonds. The number of nitrogens with one attached hydrogen (secondary N) is 1. The van der Waals surface area contributed by atoms with Crippen LogP contribution in [0.1, 0.15) is 44.4 Å². The molecule has 1 N–H and O–H groups in total. The highest BCUT2D eigenvalue weighted by molar-refractivity contribution is 5.86. The Balaban J connectivity index is 2.04. The van der Waals surface area contributed by atoms with Gasteiger partial charge in [-0.3, -0.25) is 0 Å². The van der Waals surface area contributed by atoms with E-state index in [1.165, 1.54) is 18.4 Å². The molecule has 2 heterocycles. The molecular formula is C20H23N5O. The Morgan fingerprint density at radius 2 is 1.81 bits per heavy atom. The number of H-pyrrole nitrogens is 1. The molecule has 4 rings (SSSR count). The molecule has 0 saturated heterocycles. The summed E-state index contributed by atoms with van der Waals surface area (Å²) < 4.78 is 6.11. The van der Waals surface area contributed by atoms with E-state index in [0.717, 1.165) is 41.6 Å². The Kier molecular flexibility index (Phi) is 4.65. The van der Waals surface area contributed by atoms with Crippen molar-refractivity contribution in [2.24, 2.45) is 0 Å². The Hall–Kier alpha value is -2.76. The van der Waals surface area contributed by atoms with Gasteiger partial charge in [-0.2, -0.15) is 5.21 Å². The fraction of sp³-hybridized carbons (Fsp3) is 0.400. The second kappa shape index (κ2) is 7.23. The number of aryl methyl sites for hydroxylation is 1. The number of hydrogen-bond donors (Lipinski definition) is 1. The largest absolute Gasteiger partial charge is 0.474 e. The maximum absolute atomic E-state index is 6.11. The molecule has 0 unspecified atom stereocenters. The fourth-order valence-electron chi connectivity index (χ4n) is 3.60. The van der Waals surface area contributed by atoms with Crippen LogP contribution in [0.5, 0.6) is 5.88 Å². The Labute approximate surface area is 153 Å². The van der Waals surface area contributed by atoms with Crippen LogP contribution in [-0.4, -0.2) is 31.7 Å². The topological polar surface area (TPSA) is 76.6 Å². The van der Waals surface area contributed by atoms with Crippen LogP contribution >= 0.6 is 0 Å². The van der Waals surface area contributed by atoms with Crippen molar-refractivity contribution in [3.8, 4) is 28.4 Å². The average molecular weight is 349 g/mol. The van der Waals surface area contributed by atoms with E-state index in [-0.39, 0.29) is 6.10 Å². The lowest BCUT2D eigenvalue weighted by atomic mass is 9.91. The lowest BCUT2D eigenvalue weighted by molar-refractivity contribution is 0.233. The number of tetrazole rings is 1. The molecular weight excluding hydrogens is 326 g/mol. The van der Waals surface area contributed by atoms with Gasteiger partial charge in [-0.1, -0.05) is 36.8 Å². The number of aromatic nitrogens is 5. The van der Waals surface area contributed by atoms with Gasteiger partial charge >= 0.3 is 0 Å². The molecule has 1 aromatic carbocycles. The summed E-state index contributed by atoms with van der Waals surface area (Å²) in [5, 5.41) is 14.8. The molecule has 0 spiro atoms. The highest BCUT2D eigenvalue weighted by Gasteiger charge is 2.26. The molecule has 6 heteroatoms. The van der Waals surface area contributed by atoms with Crippen molar-refractivity contribution in [2.45, 2.75) is 52.1 Å². The highest BCUT2D eigenvalue weighted by Crippen LogP contribution is 2.42. The van der Waals surface area contributed by atoms with Crippen molar-refractivity contribution in [2.75, 3.05) is 0 Å². The molecule has 0 aliphatic heterocycles. The molecule has 6 nitrogen and oxygen atoms in total. The van der Waals surface area contributed by atoms with E-state index < -0.39 is 0 Å². The fourth-order valence-corrected chi connectivity index (χ4v) is 3.60. The van der Waals surface area contributed by atoms with Gasteiger partial charge in [-0.25, -0.2) is 4.98 Å². The molecule has 3 aromatic rings. The number of aromatic amines is 1. The van der Waals surface area contributed by atoms with E-state index in [4.69, 9.17) is 9.72 Å². The number of rotatable bonds is 4. The minimum Gasteiger partial charge on any atom is -0.474 e. The Morgan fingerprint density at radius 1 is 1.00 bits per heavy atom. The first-order valence-corrected chi connectivity index (χ1v) is 9.25. The van der Waals surface area contributed by atoms with E-state index >= 15 is 0 Å². The monoisotopic (exact) mass is 349 g/mol. The minimum atomic E-state index is 0.0144. The molecule has 1 aliphatic carbocycles. The standard InChI is InChI=1S/C20H23N5O/c1-13(2)26-20-18(19-22-24-25-23-19)17(14-9-5-3-6-10-14)15-11-7-4-8-12-16(15)21-20/h3,5-6,9-10,13H,4,7-8,11-12H2,1-2H3,(H,22,23,24,25).